The molecule has 0 saturated heterocycles. The number of hydrogen-bond donors (Lipinski definition) is 3. The first-order chi connectivity index (χ1) is 14.8. The molecule has 0 aliphatic rings. The van der Waals surface area contributed by atoms with Crippen molar-refractivity contribution in [2.45, 2.75) is 13.8 Å². The Labute approximate surface area is 182 Å². The Morgan fingerprint density at radius 3 is 1.94 bits per heavy atom. The molecule has 3 rings (SSSR count). The van der Waals surface area contributed by atoms with Gasteiger partial charge in [0, 0.05) is 17.6 Å². The van der Waals surface area contributed by atoms with Crippen LogP contribution in [0.1, 0.15) is 11.1 Å². The Morgan fingerprint density at radius 2 is 1.48 bits per heavy atom. The average molecular weight is 437 g/mol. The number of aromatic nitrogens is 1. The van der Waals surface area contributed by atoms with E-state index in [-0.39, 0.29) is 15.7 Å². The lowest BCUT2D eigenvalue weighted by molar-refractivity contribution is -0.380. The number of benzene rings is 2. The van der Waals surface area contributed by atoms with E-state index in [0.29, 0.717) is 11.4 Å². The fourth-order valence-corrected chi connectivity index (χ4v) is 3.19. The highest BCUT2D eigenvalue weighted by Gasteiger charge is 2.21. The molecule has 0 unspecified atom stereocenters. The molecule has 0 atom stereocenters. The van der Waals surface area contributed by atoms with E-state index in [2.05, 4.69) is 20.9 Å². The van der Waals surface area contributed by atoms with E-state index >= 15 is 0 Å². The maximum Gasteiger partial charge on any atom is 0.345 e. The molecule has 9 nitrogen and oxygen atoms in total. The van der Waals surface area contributed by atoms with Gasteiger partial charge in [-0.2, -0.15) is 0 Å². The van der Waals surface area contributed by atoms with Gasteiger partial charge in [-0.3, -0.25) is 19.7 Å². The molecule has 0 spiro atoms. The first-order valence-corrected chi connectivity index (χ1v) is 9.97. The van der Waals surface area contributed by atoms with E-state index in [0.717, 1.165) is 28.7 Å². The summed E-state index contributed by atoms with van der Waals surface area (Å²) in [4.78, 5) is 40.0. The highest BCUT2D eigenvalue weighted by atomic mass is 32.1. The van der Waals surface area contributed by atoms with Crippen LogP contribution in [-0.2, 0) is 9.59 Å². The van der Waals surface area contributed by atoms with Crippen LogP contribution in [0.3, 0.4) is 0 Å². The minimum Gasteiger partial charge on any atom is -0.337 e. The average Bonchev–Trinajstić information content (AvgIpc) is 3.21. The van der Waals surface area contributed by atoms with Gasteiger partial charge in [-0.15, -0.1) is 0 Å². The molecule has 2 aromatic carbocycles. The number of rotatable bonds is 7. The third-order valence-electron chi connectivity index (χ3n) is 4.29. The van der Waals surface area contributed by atoms with Gasteiger partial charge >= 0.3 is 5.00 Å². The summed E-state index contributed by atoms with van der Waals surface area (Å²) in [7, 11) is 0. The van der Waals surface area contributed by atoms with Gasteiger partial charge in [-0.05, 0) is 48.4 Å². The van der Waals surface area contributed by atoms with Gasteiger partial charge in [0.2, 0.25) is 0 Å². The third kappa shape index (κ3) is 5.52. The van der Waals surface area contributed by atoms with Crippen LogP contribution in [0.4, 0.5) is 21.5 Å². The molecule has 31 heavy (non-hydrogen) atoms. The molecule has 3 N–H and O–H groups in total. The Morgan fingerprint density at radius 1 is 0.968 bits per heavy atom. The number of para-hydroxylation sites is 2. The number of anilines is 3. The number of carbonyl (C=O) groups excluding carboxylic acids is 2. The molecule has 0 aliphatic carbocycles. The predicted octanol–water partition coefficient (Wildman–Crippen LogP) is 4.24. The van der Waals surface area contributed by atoms with Crippen molar-refractivity contribution in [2.24, 2.45) is 0 Å². The highest BCUT2D eigenvalue weighted by molar-refractivity contribution is 7.18. The maximum absolute atomic E-state index is 12.9. The molecule has 2 amide bonds. The minimum atomic E-state index is -0.640. The standard InChI is InChI=1S/C21H19N5O4S/c1-13-7-3-5-9-16(13)24-19(27)15(11-22-21-23-12-18(31-21)26(29)30)20(28)25-17-10-6-4-8-14(17)2/h3-12H,1-2H3,(H,22,23)(H,24,27)(H,25,28). The molecule has 10 heteroatoms. The number of nitrogens with one attached hydrogen (secondary N) is 3. The first kappa shape index (κ1) is 21.7. The minimum absolute atomic E-state index is 0.161. The lowest BCUT2D eigenvalue weighted by Gasteiger charge is -2.13. The van der Waals surface area contributed by atoms with Crippen molar-refractivity contribution >= 4 is 44.7 Å². The zero-order valence-corrected chi connectivity index (χ0v) is 17.5. The smallest absolute Gasteiger partial charge is 0.337 e. The van der Waals surface area contributed by atoms with Crippen LogP contribution < -0.4 is 16.0 Å². The topological polar surface area (TPSA) is 126 Å². The van der Waals surface area contributed by atoms with Crippen molar-refractivity contribution in [1.82, 2.24) is 4.98 Å². The molecule has 1 aromatic heterocycles. The summed E-state index contributed by atoms with van der Waals surface area (Å²) in [5, 5.41) is 19.0. The maximum atomic E-state index is 12.9. The van der Waals surface area contributed by atoms with Crippen LogP contribution in [0.25, 0.3) is 0 Å². The molecule has 0 aliphatic heterocycles. The quantitative estimate of drug-likeness (QED) is 0.167. The zero-order valence-electron chi connectivity index (χ0n) is 16.7. The van der Waals surface area contributed by atoms with Crippen molar-refractivity contribution in [2.75, 3.05) is 16.0 Å². The predicted molar refractivity (Wildman–Crippen MR) is 120 cm³/mol. The number of nitrogens with zero attached hydrogens (tertiary/aromatic N) is 2. The molecular weight excluding hydrogens is 418 g/mol. The van der Waals surface area contributed by atoms with Crippen molar-refractivity contribution in [1.29, 1.82) is 0 Å². The molecule has 0 bridgehead atoms. The van der Waals surface area contributed by atoms with Crippen LogP contribution in [-0.4, -0.2) is 21.7 Å². The molecular formula is C21H19N5O4S. The monoisotopic (exact) mass is 437 g/mol. The van der Waals surface area contributed by atoms with E-state index < -0.39 is 16.7 Å². The van der Waals surface area contributed by atoms with E-state index in [9.17, 15) is 19.7 Å². The second-order valence-electron chi connectivity index (χ2n) is 6.50. The first-order valence-electron chi connectivity index (χ1n) is 9.16. The fraction of sp³-hybridized carbons (Fsp3) is 0.0952. The summed E-state index contributed by atoms with van der Waals surface area (Å²) in [5.41, 5.74) is 2.57. The van der Waals surface area contributed by atoms with Gasteiger partial charge in [0.05, 0.1) is 4.92 Å². The molecule has 158 valence electrons. The van der Waals surface area contributed by atoms with Gasteiger partial charge in [0.15, 0.2) is 5.13 Å². The number of hydrogen-bond acceptors (Lipinski definition) is 7. The SMILES string of the molecule is Cc1ccccc1NC(=O)C(=CNc1ncc([N+](=O)[O-])s1)C(=O)Nc1ccccc1C. The summed E-state index contributed by atoms with van der Waals surface area (Å²) < 4.78 is 0. The van der Waals surface area contributed by atoms with Crippen LogP contribution in [0.2, 0.25) is 0 Å². The van der Waals surface area contributed by atoms with Gasteiger partial charge < -0.3 is 16.0 Å². The lowest BCUT2D eigenvalue weighted by Crippen LogP contribution is -2.26. The number of amides is 2. The largest absolute Gasteiger partial charge is 0.345 e. The summed E-state index contributed by atoms with van der Waals surface area (Å²) in [5.74, 6) is -1.28. The second kappa shape index (κ2) is 9.63. The van der Waals surface area contributed by atoms with Crippen LogP contribution in [0.5, 0.6) is 0 Å². The number of thiazole rings is 1. The van der Waals surface area contributed by atoms with Crippen molar-refractivity contribution < 1.29 is 14.5 Å². The normalized spacial score (nSPS) is 10.1. The van der Waals surface area contributed by atoms with E-state index in [1.54, 1.807) is 24.3 Å². The van der Waals surface area contributed by atoms with Crippen molar-refractivity contribution in [3.8, 4) is 0 Å². The third-order valence-corrected chi connectivity index (χ3v) is 5.17. The Hall–Kier alpha value is -4.05. The Kier molecular flexibility index (Phi) is 6.73. The lowest BCUT2D eigenvalue weighted by atomic mass is 10.1. The van der Waals surface area contributed by atoms with E-state index in [1.807, 2.05) is 38.1 Å². The van der Waals surface area contributed by atoms with Gasteiger partial charge in [0.1, 0.15) is 11.8 Å². The van der Waals surface area contributed by atoms with E-state index in [4.69, 9.17) is 0 Å². The van der Waals surface area contributed by atoms with Crippen molar-refractivity contribution in [3.63, 3.8) is 0 Å². The molecule has 0 fully saturated rings. The zero-order chi connectivity index (χ0) is 22.4. The number of aryl methyl sites for hydroxylation is 2. The summed E-state index contributed by atoms with van der Waals surface area (Å²) in [6.07, 6.45) is 2.28. The fourth-order valence-electron chi connectivity index (χ4n) is 2.59. The molecule has 0 radical (unpaired) electrons. The number of carbonyl (C=O) groups is 2. The second-order valence-corrected chi connectivity index (χ2v) is 7.51. The van der Waals surface area contributed by atoms with Crippen molar-refractivity contribution in [3.05, 3.63) is 87.7 Å². The molecule has 1 heterocycles. The highest BCUT2D eigenvalue weighted by Crippen LogP contribution is 2.25. The Balaban J connectivity index is 1.87. The molecule has 3 aromatic rings. The number of nitro groups is 1. The van der Waals surface area contributed by atoms with Crippen LogP contribution >= 0.6 is 11.3 Å². The van der Waals surface area contributed by atoms with E-state index in [1.165, 1.54) is 6.20 Å². The van der Waals surface area contributed by atoms with Crippen LogP contribution in [0, 0.1) is 24.0 Å². The molecule has 0 saturated carbocycles. The summed E-state index contributed by atoms with van der Waals surface area (Å²) in [6, 6.07) is 14.3. The van der Waals surface area contributed by atoms with Crippen LogP contribution in [0.15, 0.2) is 66.5 Å². The Bertz CT molecular complexity index is 1110. The van der Waals surface area contributed by atoms with Gasteiger partial charge in [-0.25, -0.2) is 4.98 Å². The summed E-state index contributed by atoms with van der Waals surface area (Å²) >= 11 is 0.790. The van der Waals surface area contributed by atoms with Gasteiger partial charge in [-0.1, -0.05) is 36.4 Å². The van der Waals surface area contributed by atoms with Gasteiger partial charge in [0.25, 0.3) is 11.8 Å². The summed E-state index contributed by atoms with van der Waals surface area (Å²) in [6.45, 7) is 3.67.